The highest BCUT2D eigenvalue weighted by Crippen LogP contribution is 2.04. The van der Waals surface area contributed by atoms with Gasteiger partial charge in [0.15, 0.2) is 0 Å². The van der Waals surface area contributed by atoms with Crippen LogP contribution in [0.3, 0.4) is 0 Å². The van der Waals surface area contributed by atoms with Crippen molar-refractivity contribution < 1.29 is 4.84 Å². The first-order valence-electron chi connectivity index (χ1n) is 4.12. The zero-order valence-electron chi connectivity index (χ0n) is 7.93. The standard InChI is InChI=1S/C9H14N2OS/c1-11(2)5-6-12-10-8-9-4-3-7-13-9/h3-4,7-8H,5-6H2,1-2H3/b10-8+. The molecule has 0 N–H and O–H groups in total. The number of hydrogen-bond donors (Lipinski definition) is 0. The fourth-order valence-electron chi connectivity index (χ4n) is 0.730. The largest absolute Gasteiger partial charge is 0.394 e. The summed E-state index contributed by atoms with van der Waals surface area (Å²) in [4.78, 5) is 8.22. The van der Waals surface area contributed by atoms with Gasteiger partial charge < -0.3 is 9.74 Å². The summed E-state index contributed by atoms with van der Waals surface area (Å²) in [5.41, 5.74) is 0. The lowest BCUT2D eigenvalue weighted by Gasteiger charge is -2.06. The normalized spacial score (nSPS) is 11.3. The molecule has 0 saturated carbocycles. The van der Waals surface area contributed by atoms with Crippen molar-refractivity contribution in [2.45, 2.75) is 0 Å². The molecule has 4 heteroatoms. The lowest BCUT2D eigenvalue weighted by Crippen LogP contribution is -2.16. The minimum Gasteiger partial charge on any atom is -0.394 e. The van der Waals surface area contributed by atoms with E-state index in [0.29, 0.717) is 6.61 Å². The maximum Gasteiger partial charge on any atom is 0.129 e. The molecule has 0 aliphatic carbocycles. The summed E-state index contributed by atoms with van der Waals surface area (Å²) in [5, 5.41) is 5.86. The average molecular weight is 198 g/mol. The molecule has 0 aliphatic rings. The molecule has 0 spiro atoms. The van der Waals surface area contributed by atoms with Crippen LogP contribution in [0.25, 0.3) is 0 Å². The zero-order valence-corrected chi connectivity index (χ0v) is 8.75. The van der Waals surface area contributed by atoms with Crippen LogP contribution in [0.15, 0.2) is 22.7 Å². The van der Waals surface area contributed by atoms with E-state index in [2.05, 4.69) is 10.1 Å². The van der Waals surface area contributed by atoms with Crippen molar-refractivity contribution in [1.29, 1.82) is 0 Å². The fourth-order valence-corrected chi connectivity index (χ4v) is 1.31. The summed E-state index contributed by atoms with van der Waals surface area (Å²) in [6.07, 6.45) is 1.74. The second kappa shape index (κ2) is 5.72. The number of hydrogen-bond acceptors (Lipinski definition) is 4. The SMILES string of the molecule is CN(C)CCO/N=C/c1cccs1. The molecule has 13 heavy (non-hydrogen) atoms. The van der Waals surface area contributed by atoms with Crippen molar-refractivity contribution in [2.75, 3.05) is 27.2 Å². The topological polar surface area (TPSA) is 24.8 Å². The summed E-state index contributed by atoms with van der Waals surface area (Å²) >= 11 is 1.65. The van der Waals surface area contributed by atoms with Crippen LogP contribution in [0.2, 0.25) is 0 Å². The maximum absolute atomic E-state index is 5.05. The Morgan fingerprint density at radius 2 is 2.46 bits per heavy atom. The second-order valence-corrected chi connectivity index (χ2v) is 3.87. The molecule has 0 atom stereocenters. The highest BCUT2D eigenvalue weighted by atomic mass is 32.1. The third-order valence-electron chi connectivity index (χ3n) is 1.43. The monoisotopic (exact) mass is 198 g/mol. The van der Waals surface area contributed by atoms with Crippen LogP contribution < -0.4 is 0 Å². The Bertz CT molecular complexity index is 244. The Labute approximate surface area is 82.6 Å². The quantitative estimate of drug-likeness (QED) is 0.408. The summed E-state index contributed by atoms with van der Waals surface area (Å²) < 4.78 is 0. The molecule has 1 heterocycles. The van der Waals surface area contributed by atoms with Crippen LogP contribution in [0.5, 0.6) is 0 Å². The zero-order chi connectivity index (χ0) is 9.52. The van der Waals surface area contributed by atoms with Crippen molar-refractivity contribution in [3.63, 3.8) is 0 Å². The van der Waals surface area contributed by atoms with E-state index in [1.807, 2.05) is 31.6 Å². The van der Waals surface area contributed by atoms with E-state index >= 15 is 0 Å². The van der Waals surface area contributed by atoms with E-state index in [1.165, 1.54) is 0 Å². The highest BCUT2D eigenvalue weighted by Gasteiger charge is 1.89. The molecule has 0 saturated heterocycles. The van der Waals surface area contributed by atoms with Crippen molar-refractivity contribution in [2.24, 2.45) is 5.16 Å². The van der Waals surface area contributed by atoms with Gasteiger partial charge in [-0.2, -0.15) is 0 Å². The molecule has 3 nitrogen and oxygen atoms in total. The van der Waals surface area contributed by atoms with Crippen molar-refractivity contribution >= 4 is 17.6 Å². The summed E-state index contributed by atoms with van der Waals surface area (Å²) in [6, 6.07) is 4.00. The van der Waals surface area contributed by atoms with Crippen LogP contribution in [0.1, 0.15) is 4.88 Å². The molecule has 72 valence electrons. The van der Waals surface area contributed by atoms with Crippen LogP contribution in [0, 0.1) is 0 Å². The number of likely N-dealkylation sites (N-methyl/N-ethyl adjacent to an activating group) is 1. The van der Waals surface area contributed by atoms with Crippen LogP contribution in [-0.2, 0) is 4.84 Å². The molecule has 0 bridgehead atoms. The van der Waals surface area contributed by atoms with Crippen LogP contribution in [0.4, 0.5) is 0 Å². The van der Waals surface area contributed by atoms with Crippen LogP contribution >= 0.6 is 11.3 Å². The molecular weight excluding hydrogens is 184 g/mol. The molecule has 0 aromatic carbocycles. The Kier molecular flexibility index (Phi) is 4.49. The third-order valence-corrected chi connectivity index (χ3v) is 2.23. The van der Waals surface area contributed by atoms with E-state index in [1.54, 1.807) is 17.6 Å². The minimum atomic E-state index is 0.634. The first-order valence-corrected chi connectivity index (χ1v) is 5.00. The van der Waals surface area contributed by atoms with Crippen molar-refractivity contribution in [1.82, 2.24) is 4.90 Å². The summed E-state index contributed by atoms with van der Waals surface area (Å²) in [7, 11) is 4.01. The summed E-state index contributed by atoms with van der Waals surface area (Å²) in [5.74, 6) is 0. The Morgan fingerprint density at radius 1 is 1.62 bits per heavy atom. The second-order valence-electron chi connectivity index (χ2n) is 2.89. The van der Waals surface area contributed by atoms with E-state index in [4.69, 9.17) is 4.84 Å². The molecule has 1 rings (SSSR count). The predicted octanol–water partition coefficient (Wildman–Crippen LogP) is 1.66. The fraction of sp³-hybridized carbons (Fsp3) is 0.444. The van der Waals surface area contributed by atoms with Gasteiger partial charge in [-0.1, -0.05) is 11.2 Å². The van der Waals surface area contributed by atoms with E-state index in [-0.39, 0.29) is 0 Å². The highest BCUT2D eigenvalue weighted by molar-refractivity contribution is 7.11. The maximum atomic E-state index is 5.05. The predicted molar refractivity (Wildman–Crippen MR) is 56.4 cm³/mol. The van der Waals surface area contributed by atoms with Gasteiger partial charge in [-0.15, -0.1) is 11.3 Å². The van der Waals surface area contributed by atoms with Gasteiger partial charge in [-0.3, -0.25) is 0 Å². The van der Waals surface area contributed by atoms with Gasteiger partial charge in [0.05, 0.1) is 6.21 Å². The number of oxime groups is 1. The van der Waals surface area contributed by atoms with Gasteiger partial charge in [0.25, 0.3) is 0 Å². The van der Waals surface area contributed by atoms with Gasteiger partial charge in [-0.25, -0.2) is 0 Å². The van der Waals surface area contributed by atoms with E-state index in [9.17, 15) is 0 Å². The smallest absolute Gasteiger partial charge is 0.129 e. The van der Waals surface area contributed by atoms with Crippen LogP contribution in [-0.4, -0.2) is 38.4 Å². The van der Waals surface area contributed by atoms with Gasteiger partial charge in [-0.05, 0) is 25.5 Å². The molecule has 1 aromatic heterocycles. The molecule has 0 unspecified atom stereocenters. The molecule has 0 amide bonds. The third kappa shape index (κ3) is 4.65. The summed E-state index contributed by atoms with van der Waals surface area (Å²) in [6.45, 7) is 1.52. The minimum absolute atomic E-state index is 0.634. The first kappa shape index (κ1) is 10.2. The van der Waals surface area contributed by atoms with Gasteiger partial charge in [0.1, 0.15) is 6.61 Å². The van der Waals surface area contributed by atoms with Gasteiger partial charge in [0, 0.05) is 11.4 Å². The average Bonchev–Trinajstić information content (AvgIpc) is 2.55. The van der Waals surface area contributed by atoms with Crippen molar-refractivity contribution in [3.8, 4) is 0 Å². The van der Waals surface area contributed by atoms with E-state index in [0.717, 1.165) is 11.4 Å². The van der Waals surface area contributed by atoms with E-state index < -0.39 is 0 Å². The molecule has 0 aliphatic heterocycles. The number of thiophene rings is 1. The number of nitrogens with zero attached hydrogens (tertiary/aromatic N) is 2. The molecule has 0 radical (unpaired) electrons. The Morgan fingerprint density at radius 3 is 3.08 bits per heavy atom. The Hall–Kier alpha value is -0.870. The molecule has 0 fully saturated rings. The van der Waals surface area contributed by atoms with Gasteiger partial charge >= 0.3 is 0 Å². The van der Waals surface area contributed by atoms with Gasteiger partial charge in [0.2, 0.25) is 0 Å². The molecular formula is C9H14N2OS. The van der Waals surface area contributed by atoms with Crippen molar-refractivity contribution in [3.05, 3.63) is 22.4 Å². The Balaban J connectivity index is 2.12. The lowest BCUT2D eigenvalue weighted by atomic mass is 10.5. The number of rotatable bonds is 5. The first-order chi connectivity index (χ1) is 6.29. The molecule has 1 aromatic rings. The lowest BCUT2D eigenvalue weighted by molar-refractivity contribution is 0.127.